The molecule has 32 heavy (non-hydrogen) atoms. The van der Waals surface area contributed by atoms with Crippen LogP contribution in [0.25, 0.3) is 0 Å². The van der Waals surface area contributed by atoms with Gasteiger partial charge in [-0.15, -0.1) is 0 Å². The highest BCUT2D eigenvalue weighted by atomic mass is 19.1. The summed E-state index contributed by atoms with van der Waals surface area (Å²) in [6.07, 6.45) is 2.73. The second kappa shape index (κ2) is 9.39. The molecule has 2 aromatic carbocycles. The molecule has 6 heteroatoms. The molecular weight excluding hydrogens is 405 g/mol. The summed E-state index contributed by atoms with van der Waals surface area (Å²) in [7, 11) is 0. The van der Waals surface area contributed by atoms with Crippen LogP contribution in [-0.4, -0.2) is 45.8 Å². The number of fused-ring (bicyclic) bond motifs is 1. The summed E-state index contributed by atoms with van der Waals surface area (Å²) in [5.74, 6) is -0.607. The van der Waals surface area contributed by atoms with E-state index in [9.17, 15) is 14.0 Å². The van der Waals surface area contributed by atoms with Gasteiger partial charge in [0.2, 0.25) is 5.91 Å². The maximum absolute atomic E-state index is 14.0. The first-order valence-corrected chi connectivity index (χ1v) is 11.0. The van der Waals surface area contributed by atoms with Gasteiger partial charge in [-0.3, -0.25) is 9.59 Å². The molecule has 1 aromatic heterocycles. The third-order valence-electron chi connectivity index (χ3n) is 6.01. The normalized spacial score (nSPS) is 15.3. The standard InChI is InChI=1S/C26H28FN3O2/c1-3-13-29(26(32)22-11-5-4-8-19(22)2)18-24(31)30-16-15-28-14-7-12-23(28)25(30)20-9-6-10-21(27)17-20/h4-12,14,17,25H,3,13,15-16,18H2,1-2H3. The fourth-order valence-corrected chi connectivity index (χ4v) is 4.44. The smallest absolute Gasteiger partial charge is 0.254 e. The predicted octanol–water partition coefficient (Wildman–Crippen LogP) is 4.42. The molecule has 0 saturated heterocycles. The highest BCUT2D eigenvalue weighted by Crippen LogP contribution is 2.33. The Balaban J connectivity index is 1.63. The fraction of sp³-hybridized carbons (Fsp3) is 0.308. The van der Waals surface area contributed by atoms with Crippen molar-refractivity contribution >= 4 is 11.8 Å². The molecule has 4 rings (SSSR count). The summed E-state index contributed by atoms with van der Waals surface area (Å²) in [6, 6.07) is 17.4. The molecule has 0 radical (unpaired) electrons. The Labute approximate surface area is 188 Å². The number of nitrogens with zero attached hydrogens (tertiary/aromatic N) is 3. The molecule has 3 aromatic rings. The minimum atomic E-state index is -0.390. The summed E-state index contributed by atoms with van der Waals surface area (Å²) >= 11 is 0. The number of hydrogen-bond donors (Lipinski definition) is 0. The van der Waals surface area contributed by atoms with E-state index in [1.54, 1.807) is 21.9 Å². The van der Waals surface area contributed by atoms with Crippen molar-refractivity contribution in [3.8, 4) is 0 Å². The Hall–Kier alpha value is -3.41. The minimum absolute atomic E-state index is 0.00642. The molecule has 0 N–H and O–H groups in total. The Kier molecular flexibility index (Phi) is 6.40. The van der Waals surface area contributed by atoms with Crippen molar-refractivity contribution in [3.05, 3.63) is 95.1 Å². The van der Waals surface area contributed by atoms with Crippen LogP contribution in [0, 0.1) is 12.7 Å². The van der Waals surface area contributed by atoms with Crippen LogP contribution in [-0.2, 0) is 11.3 Å². The highest BCUT2D eigenvalue weighted by molar-refractivity contribution is 5.97. The lowest BCUT2D eigenvalue weighted by atomic mass is 9.99. The maximum atomic E-state index is 14.0. The van der Waals surface area contributed by atoms with Crippen molar-refractivity contribution < 1.29 is 14.0 Å². The highest BCUT2D eigenvalue weighted by Gasteiger charge is 2.33. The molecular formula is C26H28FN3O2. The van der Waals surface area contributed by atoms with Crippen LogP contribution in [0.15, 0.2) is 66.9 Å². The molecule has 1 aliphatic heterocycles. The van der Waals surface area contributed by atoms with Crippen LogP contribution in [0.3, 0.4) is 0 Å². The number of rotatable bonds is 6. The molecule has 1 atom stereocenters. The van der Waals surface area contributed by atoms with Gasteiger partial charge < -0.3 is 14.4 Å². The first kappa shape index (κ1) is 21.8. The van der Waals surface area contributed by atoms with Crippen molar-refractivity contribution in [1.29, 1.82) is 0 Å². The van der Waals surface area contributed by atoms with E-state index in [0.29, 0.717) is 25.2 Å². The van der Waals surface area contributed by atoms with Crippen LogP contribution in [0.4, 0.5) is 4.39 Å². The van der Waals surface area contributed by atoms with Gasteiger partial charge in [0, 0.05) is 37.1 Å². The molecule has 5 nitrogen and oxygen atoms in total. The number of aromatic nitrogens is 1. The quantitative estimate of drug-likeness (QED) is 0.578. The van der Waals surface area contributed by atoms with E-state index in [-0.39, 0.29) is 30.2 Å². The van der Waals surface area contributed by atoms with Crippen molar-refractivity contribution in [3.63, 3.8) is 0 Å². The molecule has 1 aliphatic rings. The molecule has 2 heterocycles. The Bertz CT molecular complexity index is 1120. The largest absolute Gasteiger partial charge is 0.348 e. The molecule has 0 bridgehead atoms. The number of halogens is 1. The van der Waals surface area contributed by atoms with E-state index in [2.05, 4.69) is 4.57 Å². The first-order chi connectivity index (χ1) is 15.5. The molecule has 1 unspecified atom stereocenters. The van der Waals surface area contributed by atoms with Crippen molar-refractivity contribution in [2.45, 2.75) is 32.9 Å². The lowest BCUT2D eigenvalue weighted by Gasteiger charge is -2.38. The lowest BCUT2D eigenvalue weighted by molar-refractivity contribution is -0.134. The average molecular weight is 434 g/mol. The van der Waals surface area contributed by atoms with Gasteiger partial charge in [0.05, 0.1) is 6.04 Å². The number of benzene rings is 2. The third-order valence-corrected chi connectivity index (χ3v) is 6.01. The Morgan fingerprint density at radius 3 is 2.62 bits per heavy atom. The zero-order valence-electron chi connectivity index (χ0n) is 18.5. The van der Waals surface area contributed by atoms with Gasteiger partial charge >= 0.3 is 0 Å². The number of amides is 2. The number of carbonyl (C=O) groups excluding carboxylic acids is 2. The van der Waals surface area contributed by atoms with E-state index in [1.165, 1.54) is 12.1 Å². The Morgan fingerprint density at radius 2 is 1.88 bits per heavy atom. The lowest BCUT2D eigenvalue weighted by Crippen LogP contribution is -2.48. The number of aryl methyl sites for hydroxylation is 1. The third kappa shape index (κ3) is 4.31. The molecule has 0 saturated carbocycles. The maximum Gasteiger partial charge on any atom is 0.254 e. The van der Waals surface area contributed by atoms with Gasteiger partial charge in [-0.25, -0.2) is 4.39 Å². The van der Waals surface area contributed by atoms with E-state index < -0.39 is 0 Å². The average Bonchev–Trinajstić information content (AvgIpc) is 3.27. The summed E-state index contributed by atoms with van der Waals surface area (Å²) in [4.78, 5) is 30.2. The van der Waals surface area contributed by atoms with Crippen molar-refractivity contribution in [1.82, 2.24) is 14.4 Å². The van der Waals surface area contributed by atoms with Crippen molar-refractivity contribution in [2.24, 2.45) is 0 Å². The topological polar surface area (TPSA) is 45.6 Å². The zero-order valence-corrected chi connectivity index (χ0v) is 18.5. The monoisotopic (exact) mass is 433 g/mol. The van der Waals surface area contributed by atoms with Crippen LogP contribution < -0.4 is 0 Å². The Morgan fingerprint density at radius 1 is 1.06 bits per heavy atom. The van der Waals surface area contributed by atoms with Gasteiger partial charge in [-0.05, 0) is 54.8 Å². The zero-order chi connectivity index (χ0) is 22.7. The fourth-order valence-electron chi connectivity index (χ4n) is 4.44. The second-order valence-electron chi connectivity index (χ2n) is 8.21. The summed E-state index contributed by atoms with van der Waals surface area (Å²) in [6.45, 7) is 5.55. The molecule has 0 aliphatic carbocycles. The van der Waals surface area contributed by atoms with E-state index in [0.717, 1.165) is 23.2 Å². The van der Waals surface area contributed by atoms with E-state index >= 15 is 0 Å². The first-order valence-electron chi connectivity index (χ1n) is 11.0. The van der Waals surface area contributed by atoms with Crippen LogP contribution in [0.1, 0.15) is 46.6 Å². The van der Waals surface area contributed by atoms with E-state index in [4.69, 9.17) is 0 Å². The molecule has 2 amide bonds. The molecule has 0 spiro atoms. The van der Waals surface area contributed by atoms with Crippen LogP contribution in [0.2, 0.25) is 0 Å². The van der Waals surface area contributed by atoms with Crippen molar-refractivity contribution in [2.75, 3.05) is 19.6 Å². The number of carbonyl (C=O) groups is 2. The van der Waals surface area contributed by atoms with Gasteiger partial charge in [-0.2, -0.15) is 0 Å². The predicted molar refractivity (Wildman–Crippen MR) is 122 cm³/mol. The van der Waals surface area contributed by atoms with E-state index in [1.807, 2.05) is 56.4 Å². The van der Waals surface area contributed by atoms with Gasteiger partial charge in [-0.1, -0.05) is 37.3 Å². The van der Waals surface area contributed by atoms with Gasteiger partial charge in [0.1, 0.15) is 12.4 Å². The van der Waals surface area contributed by atoms with Crippen LogP contribution >= 0.6 is 0 Å². The minimum Gasteiger partial charge on any atom is -0.348 e. The molecule has 0 fully saturated rings. The van der Waals surface area contributed by atoms with Crippen LogP contribution in [0.5, 0.6) is 0 Å². The second-order valence-corrected chi connectivity index (χ2v) is 8.21. The SMILES string of the molecule is CCCN(CC(=O)N1CCn2cccc2C1c1cccc(F)c1)C(=O)c1ccccc1C. The van der Waals surface area contributed by atoms with Gasteiger partial charge in [0.15, 0.2) is 0 Å². The summed E-state index contributed by atoms with van der Waals surface area (Å²) in [5.41, 5.74) is 3.18. The van der Waals surface area contributed by atoms with Gasteiger partial charge in [0.25, 0.3) is 5.91 Å². The molecule has 166 valence electrons. The summed E-state index contributed by atoms with van der Waals surface area (Å²) < 4.78 is 16.1. The summed E-state index contributed by atoms with van der Waals surface area (Å²) in [5, 5.41) is 0. The number of hydrogen-bond acceptors (Lipinski definition) is 2.